The van der Waals surface area contributed by atoms with Gasteiger partial charge in [-0.3, -0.25) is 4.79 Å². The number of hydrogen-bond donors (Lipinski definition) is 1. The fourth-order valence-electron chi connectivity index (χ4n) is 3.12. The number of amides is 1. The van der Waals surface area contributed by atoms with Crippen LogP contribution in [0.25, 0.3) is 0 Å². The Hall–Kier alpha value is -1.42. The second kappa shape index (κ2) is 4.93. The maximum Gasteiger partial charge on any atom is 0.254 e. The summed E-state index contributed by atoms with van der Waals surface area (Å²) < 4.78 is 13.5. The molecular formula is C15H19FN2O. The highest BCUT2D eigenvalue weighted by Crippen LogP contribution is 2.26. The van der Waals surface area contributed by atoms with Gasteiger partial charge in [0.2, 0.25) is 0 Å². The summed E-state index contributed by atoms with van der Waals surface area (Å²) in [6, 6.07) is 5.17. The van der Waals surface area contributed by atoms with Crippen LogP contribution >= 0.6 is 0 Å². The average Bonchev–Trinajstić information content (AvgIpc) is 2.85. The van der Waals surface area contributed by atoms with Gasteiger partial charge in [0.05, 0.1) is 0 Å². The zero-order valence-electron chi connectivity index (χ0n) is 11.2. The normalized spacial score (nSPS) is 26.3. The molecule has 0 aliphatic carbocycles. The molecule has 2 aliphatic rings. The van der Waals surface area contributed by atoms with Crippen LogP contribution in [-0.4, -0.2) is 36.5 Å². The summed E-state index contributed by atoms with van der Waals surface area (Å²) in [5.74, 6) is 0.212. The summed E-state index contributed by atoms with van der Waals surface area (Å²) in [6.07, 6.45) is 2.37. The minimum atomic E-state index is -0.305. The zero-order chi connectivity index (χ0) is 13.4. The largest absolute Gasteiger partial charge is 0.337 e. The number of carbonyl (C=O) groups is 1. The smallest absolute Gasteiger partial charge is 0.254 e. The molecule has 0 spiro atoms. The highest BCUT2D eigenvalue weighted by atomic mass is 19.1. The molecule has 0 aromatic heterocycles. The van der Waals surface area contributed by atoms with E-state index in [9.17, 15) is 9.18 Å². The second-order valence-corrected chi connectivity index (χ2v) is 5.64. The van der Waals surface area contributed by atoms with Crippen molar-refractivity contribution in [3.8, 4) is 0 Å². The Balaban J connectivity index is 1.75. The first-order valence-electron chi connectivity index (χ1n) is 6.94. The first-order chi connectivity index (χ1) is 9.15. The molecule has 1 amide bonds. The van der Waals surface area contributed by atoms with Gasteiger partial charge in [0.1, 0.15) is 5.82 Å². The molecule has 0 bridgehead atoms. The summed E-state index contributed by atoms with van der Waals surface area (Å²) >= 11 is 0. The molecule has 2 heterocycles. The van der Waals surface area contributed by atoms with Gasteiger partial charge in [-0.2, -0.15) is 0 Å². The summed E-state index contributed by atoms with van der Waals surface area (Å²) in [7, 11) is 0. The number of hydrogen-bond acceptors (Lipinski definition) is 2. The molecule has 2 unspecified atom stereocenters. The molecule has 2 saturated heterocycles. The van der Waals surface area contributed by atoms with Crippen molar-refractivity contribution in [2.24, 2.45) is 5.92 Å². The van der Waals surface area contributed by atoms with Gasteiger partial charge in [-0.15, -0.1) is 0 Å². The fraction of sp³-hybridized carbons (Fsp3) is 0.533. The lowest BCUT2D eigenvalue weighted by Crippen LogP contribution is -2.41. The average molecular weight is 262 g/mol. The number of likely N-dealkylation sites (tertiary alicyclic amines) is 1. The standard InChI is InChI=1S/C15H19FN2O/c1-10-4-5-11(7-13(10)16)15(19)18-8-12-3-2-6-17-14(12)9-18/h4-5,7,12,14,17H,2-3,6,8-9H2,1H3. The van der Waals surface area contributed by atoms with Crippen LogP contribution in [0.3, 0.4) is 0 Å². The zero-order valence-corrected chi connectivity index (χ0v) is 11.2. The lowest BCUT2D eigenvalue weighted by Gasteiger charge is -2.24. The third-order valence-electron chi connectivity index (χ3n) is 4.31. The minimum Gasteiger partial charge on any atom is -0.337 e. The van der Waals surface area contributed by atoms with Crippen LogP contribution < -0.4 is 5.32 Å². The minimum absolute atomic E-state index is 0.0462. The van der Waals surface area contributed by atoms with Gasteiger partial charge >= 0.3 is 0 Å². The maximum atomic E-state index is 13.5. The van der Waals surface area contributed by atoms with Crippen LogP contribution in [0, 0.1) is 18.7 Å². The van der Waals surface area contributed by atoms with E-state index in [0.717, 1.165) is 19.6 Å². The molecule has 0 saturated carbocycles. The lowest BCUT2D eigenvalue weighted by molar-refractivity contribution is 0.0785. The molecule has 1 N–H and O–H groups in total. The predicted octanol–water partition coefficient (Wildman–Crippen LogP) is 1.96. The molecular weight excluding hydrogens is 243 g/mol. The number of rotatable bonds is 1. The highest BCUT2D eigenvalue weighted by Gasteiger charge is 2.36. The number of nitrogens with zero attached hydrogens (tertiary/aromatic N) is 1. The molecule has 3 nitrogen and oxygen atoms in total. The number of piperidine rings is 1. The molecule has 1 aromatic carbocycles. The number of fused-ring (bicyclic) bond motifs is 1. The lowest BCUT2D eigenvalue weighted by atomic mass is 9.94. The van der Waals surface area contributed by atoms with Gasteiger partial charge in [0.15, 0.2) is 0 Å². The van der Waals surface area contributed by atoms with Crippen LogP contribution in [0.15, 0.2) is 18.2 Å². The first-order valence-corrected chi connectivity index (χ1v) is 6.94. The maximum absolute atomic E-state index is 13.5. The van der Waals surface area contributed by atoms with E-state index in [4.69, 9.17) is 0 Å². The fourth-order valence-corrected chi connectivity index (χ4v) is 3.12. The Morgan fingerprint density at radius 3 is 3.00 bits per heavy atom. The van der Waals surface area contributed by atoms with Gasteiger partial charge in [-0.05, 0) is 49.9 Å². The number of halogens is 1. The van der Waals surface area contributed by atoms with Crippen molar-refractivity contribution < 1.29 is 9.18 Å². The van der Waals surface area contributed by atoms with E-state index in [1.807, 2.05) is 4.90 Å². The van der Waals surface area contributed by atoms with Crippen LogP contribution in [0.5, 0.6) is 0 Å². The predicted molar refractivity (Wildman–Crippen MR) is 71.6 cm³/mol. The summed E-state index contributed by atoms with van der Waals surface area (Å²) in [6.45, 7) is 4.30. The molecule has 4 heteroatoms. The Bertz CT molecular complexity index is 489. The summed E-state index contributed by atoms with van der Waals surface area (Å²) in [4.78, 5) is 14.2. The first kappa shape index (κ1) is 12.6. The molecule has 2 fully saturated rings. The van der Waals surface area contributed by atoms with E-state index in [1.54, 1.807) is 19.1 Å². The van der Waals surface area contributed by atoms with E-state index < -0.39 is 0 Å². The number of aryl methyl sites for hydroxylation is 1. The van der Waals surface area contributed by atoms with Gasteiger partial charge in [-0.25, -0.2) is 4.39 Å². The van der Waals surface area contributed by atoms with E-state index in [-0.39, 0.29) is 11.7 Å². The van der Waals surface area contributed by atoms with Crippen molar-refractivity contribution in [3.05, 3.63) is 35.1 Å². The van der Waals surface area contributed by atoms with Crippen LogP contribution in [0.4, 0.5) is 4.39 Å². The summed E-state index contributed by atoms with van der Waals surface area (Å²) in [5, 5.41) is 3.47. The van der Waals surface area contributed by atoms with Crippen molar-refractivity contribution in [3.63, 3.8) is 0 Å². The van der Waals surface area contributed by atoms with Crippen LogP contribution in [-0.2, 0) is 0 Å². The van der Waals surface area contributed by atoms with Gasteiger partial charge < -0.3 is 10.2 Å². The third kappa shape index (κ3) is 2.37. The Morgan fingerprint density at radius 1 is 1.42 bits per heavy atom. The van der Waals surface area contributed by atoms with Crippen molar-refractivity contribution >= 4 is 5.91 Å². The molecule has 1 aromatic rings. The molecule has 3 rings (SSSR count). The van der Waals surface area contributed by atoms with Gasteiger partial charge in [0.25, 0.3) is 5.91 Å². The van der Waals surface area contributed by atoms with Crippen LogP contribution in [0.2, 0.25) is 0 Å². The van der Waals surface area contributed by atoms with E-state index in [1.165, 1.54) is 18.9 Å². The Labute approximate surface area is 112 Å². The molecule has 102 valence electrons. The second-order valence-electron chi connectivity index (χ2n) is 5.64. The van der Waals surface area contributed by atoms with E-state index in [2.05, 4.69) is 5.32 Å². The molecule has 2 aliphatic heterocycles. The van der Waals surface area contributed by atoms with E-state index >= 15 is 0 Å². The molecule has 19 heavy (non-hydrogen) atoms. The number of nitrogens with one attached hydrogen (secondary N) is 1. The van der Waals surface area contributed by atoms with Crippen molar-refractivity contribution in [1.82, 2.24) is 10.2 Å². The van der Waals surface area contributed by atoms with Gasteiger partial charge in [-0.1, -0.05) is 6.07 Å². The Morgan fingerprint density at radius 2 is 2.26 bits per heavy atom. The SMILES string of the molecule is Cc1ccc(C(=O)N2CC3CCCNC3C2)cc1F. The topological polar surface area (TPSA) is 32.3 Å². The monoisotopic (exact) mass is 262 g/mol. The van der Waals surface area contributed by atoms with Crippen molar-refractivity contribution in [2.45, 2.75) is 25.8 Å². The van der Waals surface area contributed by atoms with Crippen molar-refractivity contribution in [2.75, 3.05) is 19.6 Å². The highest BCUT2D eigenvalue weighted by molar-refractivity contribution is 5.94. The Kier molecular flexibility index (Phi) is 3.27. The van der Waals surface area contributed by atoms with E-state index in [0.29, 0.717) is 23.1 Å². The van der Waals surface area contributed by atoms with Crippen LogP contribution in [0.1, 0.15) is 28.8 Å². The number of carbonyl (C=O) groups excluding carboxylic acids is 1. The summed E-state index contributed by atoms with van der Waals surface area (Å²) in [5.41, 5.74) is 1.04. The van der Waals surface area contributed by atoms with Crippen molar-refractivity contribution in [1.29, 1.82) is 0 Å². The quantitative estimate of drug-likeness (QED) is 0.839. The number of benzene rings is 1. The molecule has 0 radical (unpaired) electrons. The molecule has 2 atom stereocenters. The third-order valence-corrected chi connectivity index (χ3v) is 4.31. The van der Waals surface area contributed by atoms with Gasteiger partial charge in [0, 0.05) is 24.7 Å².